The summed E-state index contributed by atoms with van der Waals surface area (Å²) in [6.45, 7) is 0. The molecular weight excluding hydrogens is 396 g/mol. The number of fused-ring (bicyclic) bond motifs is 4. The van der Waals surface area contributed by atoms with Gasteiger partial charge in [-0.15, -0.1) is 11.3 Å². The summed E-state index contributed by atoms with van der Waals surface area (Å²) in [5.74, 6) is -0.541. The molecule has 5 rings (SSSR count). The summed E-state index contributed by atoms with van der Waals surface area (Å²) < 4.78 is 6.15. The Hall–Kier alpha value is -3.22. The van der Waals surface area contributed by atoms with Gasteiger partial charge >= 0.3 is 5.63 Å². The van der Waals surface area contributed by atoms with Gasteiger partial charge in [-0.25, -0.2) is 9.78 Å². The Bertz CT molecular complexity index is 1460. The van der Waals surface area contributed by atoms with Gasteiger partial charge in [0, 0.05) is 5.39 Å². The summed E-state index contributed by atoms with van der Waals surface area (Å²) in [5, 5.41) is 5.91. The lowest BCUT2D eigenvalue weighted by Gasteiger charge is -2.08. The Morgan fingerprint density at radius 2 is 1.93 bits per heavy atom. The van der Waals surface area contributed by atoms with Gasteiger partial charge in [-0.1, -0.05) is 41.9 Å². The van der Waals surface area contributed by atoms with Gasteiger partial charge in [-0.05, 0) is 35.0 Å². The van der Waals surface area contributed by atoms with Crippen LogP contribution in [0.4, 0.5) is 5.69 Å². The van der Waals surface area contributed by atoms with Crippen molar-refractivity contribution in [2.45, 2.75) is 0 Å². The Morgan fingerprint density at radius 3 is 2.82 bits per heavy atom. The number of halogens is 1. The van der Waals surface area contributed by atoms with Crippen molar-refractivity contribution in [3.63, 3.8) is 0 Å². The van der Waals surface area contributed by atoms with Crippen molar-refractivity contribution in [2.24, 2.45) is 0 Å². The maximum absolute atomic E-state index is 12.8. The quantitative estimate of drug-likeness (QED) is 0.312. The van der Waals surface area contributed by atoms with E-state index in [0.717, 1.165) is 15.5 Å². The molecule has 0 spiro atoms. The zero-order valence-corrected chi connectivity index (χ0v) is 15.8. The molecule has 0 radical (unpaired) electrons. The Labute approximate surface area is 167 Å². The molecule has 7 heteroatoms. The SMILES string of the molecule is O=C(Nc1ccc(Cl)c2ncsc12)c1cc2c(ccc3ccccc32)oc1=O. The topological polar surface area (TPSA) is 72.2 Å². The first-order valence-corrected chi connectivity index (χ1v) is 9.66. The largest absolute Gasteiger partial charge is 0.422 e. The second kappa shape index (κ2) is 6.44. The summed E-state index contributed by atoms with van der Waals surface area (Å²) in [6.07, 6.45) is 0. The number of anilines is 1. The highest BCUT2D eigenvalue weighted by Crippen LogP contribution is 2.32. The lowest BCUT2D eigenvalue weighted by molar-refractivity contribution is 0.102. The van der Waals surface area contributed by atoms with E-state index in [2.05, 4.69) is 10.3 Å². The smallest absolute Gasteiger partial charge is 0.349 e. The number of amides is 1. The maximum Gasteiger partial charge on any atom is 0.349 e. The molecular formula is C21H11ClN2O3S. The highest BCUT2D eigenvalue weighted by atomic mass is 35.5. The van der Waals surface area contributed by atoms with E-state index < -0.39 is 11.5 Å². The van der Waals surface area contributed by atoms with Gasteiger partial charge in [0.05, 0.1) is 20.9 Å². The molecule has 2 aromatic heterocycles. The van der Waals surface area contributed by atoms with E-state index in [0.29, 0.717) is 27.2 Å². The number of rotatable bonds is 2. The first-order chi connectivity index (χ1) is 13.6. The fourth-order valence-corrected chi connectivity index (χ4v) is 4.28. The van der Waals surface area contributed by atoms with Crippen molar-refractivity contribution in [3.8, 4) is 0 Å². The number of hydrogen-bond acceptors (Lipinski definition) is 5. The highest BCUT2D eigenvalue weighted by Gasteiger charge is 2.17. The minimum Gasteiger partial charge on any atom is -0.422 e. The van der Waals surface area contributed by atoms with Crippen LogP contribution in [-0.2, 0) is 0 Å². The third kappa shape index (κ3) is 2.66. The minimum absolute atomic E-state index is 0.0588. The number of hydrogen-bond donors (Lipinski definition) is 1. The summed E-state index contributed by atoms with van der Waals surface area (Å²) in [7, 11) is 0. The van der Waals surface area contributed by atoms with Crippen LogP contribution in [0.2, 0.25) is 5.02 Å². The average Bonchev–Trinajstić information content (AvgIpc) is 3.20. The second-order valence-corrected chi connectivity index (χ2v) is 7.49. The van der Waals surface area contributed by atoms with Gasteiger partial charge < -0.3 is 9.73 Å². The zero-order chi connectivity index (χ0) is 19.3. The molecule has 0 aliphatic rings. The minimum atomic E-state index is -0.685. The number of nitrogens with zero attached hydrogens (tertiary/aromatic N) is 1. The predicted molar refractivity (Wildman–Crippen MR) is 113 cm³/mol. The van der Waals surface area contributed by atoms with E-state index in [1.54, 1.807) is 29.8 Å². The molecule has 5 aromatic rings. The molecule has 0 unspecified atom stereocenters. The molecule has 0 aliphatic heterocycles. The predicted octanol–water partition coefficient (Wildman–Crippen LogP) is 5.46. The van der Waals surface area contributed by atoms with Gasteiger partial charge in [0.25, 0.3) is 5.91 Å². The Morgan fingerprint density at radius 1 is 1.07 bits per heavy atom. The molecule has 0 fully saturated rings. The molecule has 0 bridgehead atoms. The molecule has 28 heavy (non-hydrogen) atoms. The molecule has 1 N–H and O–H groups in total. The van der Waals surface area contributed by atoms with Crippen LogP contribution in [0.5, 0.6) is 0 Å². The third-order valence-electron chi connectivity index (χ3n) is 4.57. The van der Waals surface area contributed by atoms with Crippen LogP contribution in [0.3, 0.4) is 0 Å². The number of benzene rings is 3. The van der Waals surface area contributed by atoms with Crippen molar-refractivity contribution >= 4 is 66.5 Å². The lowest BCUT2D eigenvalue weighted by atomic mass is 10.0. The van der Waals surface area contributed by atoms with Crippen molar-refractivity contribution in [2.75, 3.05) is 5.32 Å². The van der Waals surface area contributed by atoms with E-state index in [9.17, 15) is 9.59 Å². The summed E-state index contributed by atoms with van der Waals surface area (Å²) in [5.41, 5.74) is 2.51. The highest BCUT2D eigenvalue weighted by molar-refractivity contribution is 7.17. The van der Waals surface area contributed by atoms with Crippen LogP contribution in [0.15, 0.2) is 69.3 Å². The molecule has 0 saturated heterocycles. The second-order valence-electron chi connectivity index (χ2n) is 6.23. The summed E-state index contributed by atoms with van der Waals surface area (Å²) >= 11 is 7.50. The number of nitrogens with one attached hydrogen (secondary N) is 1. The Balaban J connectivity index is 1.63. The van der Waals surface area contributed by atoms with Gasteiger partial charge in [0.2, 0.25) is 0 Å². The molecule has 3 aromatic carbocycles. The van der Waals surface area contributed by atoms with E-state index in [4.69, 9.17) is 16.0 Å². The molecule has 1 amide bonds. The molecule has 2 heterocycles. The van der Waals surface area contributed by atoms with Crippen LogP contribution in [0.25, 0.3) is 32.0 Å². The first-order valence-electron chi connectivity index (χ1n) is 8.40. The maximum atomic E-state index is 12.8. The first kappa shape index (κ1) is 16.9. The van der Waals surface area contributed by atoms with E-state index >= 15 is 0 Å². The van der Waals surface area contributed by atoms with Crippen LogP contribution >= 0.6 is 22.9 Å². The van der Waals surface area contributed by atoms with Crippen molar-refractivity contribution in [3.05, 3.63) is 81.1 Å². The third-order valence-corrected chi connectivity index (χ3v) is 5.73. The fraction of sp³-hybridized carbons (Fsp3) is 0. The number of aromatic nitrogens is 1. The van der Waals surface area contributed by atoms with Crippen LogP contribution in [0.1, 0.15) is 10.4 Å². The van der Waals surface area contributed by atoms with Gasteiger partial charge in [0.15, 0.2) is 0 Å². The average molecular weight is 407 g/mol. The summed E-state index contributed by atoms with van der Waals surface area (Å²) in [4.78, 5) is 29.5. The standard InChI is InChI=1S/C21H11ClN2O3S/c22-15-6-7-16(19-18(15)23-10-28-19)24-20(25)14-9-13-12-4-2-1-3-11(12)5-8-17(13)27-21(14)26/h1-10H,(H,24,25). The molecule has 5 nitrogen and oxygen atoms in total. The van der Waals surface area contributed by atoms with E-state index in [1.807, 2.05) is 30.3 Å². The van der Waals surface area contributed by atoms with Crippen molar-refractivity contribution in [1.29, 1.82) is 0 Å². The number of carbonyl (C=O) groups is 1. The van der Waals surface area contributed by atoms with Gasteiger partial charge in [-0.2, -0.15) is 0 Å². The number of carbonyl (C=O) groups excluding carboxylic acids is 1. The molecule has 136 valence electrons. The number of thiazole rings is 1. The monoisotopic (exact) mass is 406 g/mol. The molecule has 0 saturated carbocycles. The molecule has 0 aliphatic carbocycles. The lowest BCUT2D eigenvalue weighted by Crippen LogP contribution is -2.20. The van der Waals surface area contributed by atoms with E-state index in [-0.39, 0.29) is 5.56 Å². The summed E-state index contributed by atoms with van der Waals surface area (Å²) in [6, 6.07) is 16.3. The fourth-order valence-electron chi connectivity index (χ4n) is 3.24. The molecule has 0 atom stereocenters. The van der Waals surface area contributed by atoms with E-state index in [1.165, 1.54) is 11.3 Å². The van der Waals surface area contributed by atoms with Crippen LogP contribution in [-0.4, -0.2) is 10.9 Å². The van der Waals surface area contributed by atoms with Crippen LogP contribution < -0.4 is 10.9 Å². The van der Waals surface area contributed by atoms with Crippen molar-refractivity contribution < 1.29 is 9.21 Å². The van der Waals surface area contributed by atoms with Gasteiger partial charge in [0.1, 0.15) is 16.7 Å². The van der Waals surface area contributed by atoms with Crippen LogP contribution in [0, 0.1) is 0 Å². The van der Waals surface area contributed by atoms with Gasteiger partial charge in [-0.3, -0.25) is 4.79 Å². The van der Waals surface area contributed by atoms with Crippen molar-refractivity contribution in [1.82, 2.24) is 4.98 Å². The zero-order valence-electron chi connectivity index (χ0n) is 14.2. The Kier molecular flexibility index (Phi) is 3.89. The normalized spacial score (nSPS) is 11.3.